The highest BCUT2D eigenvalue weighted by molar-refractivity contribution is 7.83. The van der Waals surface area contributed by atoms with E-state index < -0.39 is 16.8 Å². The predicted molar refractivity (Wildman–Crippen MR) is 84.5 cm³/mol. The molecule has 21 heavy (non-hydrogen) atoms. The molecule has 0 aliphatic rings. The van der Waals surface area contributed by atoms with Gasteiger partial charge in [0, 0.05) is 22.3 Å². The molecule has 1 unspecified atom stereocenters. The van der Waals surface area contributed by atoms with Crippen molar-refractivity contribution < 1.29 is 14.1 Å². The molecule has 0 heterocycles. The van der Waals surface area contributed by atoms with E-state index in [0.29, 0.717) is 11.5 Å². The topological polar surface area (TPSA) is 54.4 Å². The summed E-state index contributed by atoms with van der Waals surface area (Å²) in [7, 11) is -0.964. The number of hydrogen-bond acceptors (Lipinski definition) is 2. The van der Waals surface area contributed by atoms with E-state index in [1.165, 1.54) is 5.56 Å². The van der Waals surface area contributed by atoms with Gasteiger partial charge in [-0.3, -0.25) is 9.00 Å². The molecule has 4 heteroatoms. The largest absolute Gasteiger partial charge is 0.481 e. The lowest BCUT2D eigenvalue weighted by atomic mass is 10.1. The van der Waals surface area contributed by atoms with Gasteiger partial charge in [-0.15, -0.1) is 0 Å². The van der Waals surface area contributed by atoms with E-state index in [-0.39, 0.29) is 6.42 Å². The molecule has 0 spiro atoms. The minimum atomic E-state index is -0.964. The van der Waals surface area contributed by atoms with Crippen LogP contribution in [0.4, 0.5) is 0 Å². The Morgan fingerprint density at radius 1 is 1.00 bits per heavy atom. The summed E-state index contributed by atoms with van der Waals surface area (Å²) in [6.45, 7) is 2.02. The average molecular weight is 302 g/mol. The number of aliphatic carboxylic acids is 1. The second kappa shape index (κ2) is 7.18. The van der Waals surface area contributed by atoms with Gasteiger partial charge in [0.05, 0.1) is 6.42 Å². The summed E-state index contributed by atoms with van der Waals surface area (Å²) < 4.78 is 12.2. The molecule has 2 aromatic carbocycles. The van der Waals surface area contributed by atoms with Crippen LogP contribution in [0.1, 0.15) is 22.3 Å². The van der Waals surface area contributed by atoms with Crippen LogP contribution < -0.4 is 0 Å². The van der Waals surface area contributed by atoms with E-state index in [2.05, 4.69) is 0 Å². The third kappa shape index (κ3) is 5.16. The number of carboxylic acids is 1. The minimum absolute atomic E-state index is 0.0205. The molecule has 1 atom stereocenters. The van der Waals surface area contributed by atoms with Crippen molar-refractivity contribution in [2.45, 2.75) is 24.9 Å². The van der Waals surface area contributed by atoms with Crippen LogP contribution in [0.3, 0.4) is 0 Å². The number of aryl methyl sites for hydroxylation is 1. The number of rotatable bonds is 6. The zero-order valence-electron chi connectivity index (χ0n) is 11.9. The van der Waals surface area contributed by atoms with Crippen molar-refractivity contribution in [2.24, 2.45) is 0 Å². The van der Waals surface area contributed by atoms with Crippen LogP contribution in [-0.2, 0) is 33.5 Å². The normalized spacial score (nSPS) is 12.0. The number of hydrogen-bond donors (Lipinski definition) is 1. The summed E-state index contributed by atoms with van der Waals surface area (Å²) in [6.07, 6.45) is 0.0205. The first kappa shape index (κ1) is 15.4. The van der Waals surface area contributed by atoms with Crippen LogP contribution in [0.15, 0.2) is 48.5 Å². The van der Waals surface area contributed by atoms with Crippen LogP contribution in [0.5, 0.6) is 0 Å². The van der Waals surface area contributed by atoms with E-state index in [0.717, 1.165) is 16.7 Å². The zero-order valence-corrected chi connectivity index (χ0v) is 12.7. The lowest BCUT2D eigenvalue weighted by Gasteiger charge is -2.05. The van der Waals surface area contributed by atoms with Crippen molar-refractivity contribution in [1.82, 2.24) is 0 Å². The Kier molecular flexibility index (Phi) is 5.28. The van der Waals surface area contributed by atoms with Crippen molar-refractivity contribution in [1.29, 1.82) is 0 Å². The smallest absolute Gasteiger partial charge is 0.307 e. The lowest BCUT2D eigenvalue weighted by molar-refractivity contribution is -0.136. The van der Waals surface area contributed by atoms with Gasteiger partial charge in [0.15, 0.2) is 0 Å². The number of carboxylic acid groups (broad SMARTS) is 1. The Hall–Kier alpha value is -1.94. The highest BCUT2D eigenvalue weighted by Crippen LogP contribution is 2.12. The quantitative estimate of drug-likeness (QED) is 0.892. The van der Waals surface area contributed by atoms with Crippen LogP contribution in [-0.4, -0.2) is 15.3 Å². The van der Waals surface area contributed by atoms with Gasteiger partial charge >= 0.3 is 5.97 Å². The van der Waals surface area contributed by atoms with E-state index in [4.69, 9.17) is 5.11 Å². The summed E-state index contributed by atoms with van der Waals surface area (Å²) >= 11 is 0. The highest BCUT2D eigenvalue weighted by atomic mass is 32.2. The average Bonchev–Trinajstić information content (AvgIpc) is 2.40. The van der Waals surface area contributed by atoms with Crippen molar-refractivity contribution >= 4 is 16.8 Å². The molecule has 2 rings (SSSR count). The van der Waals surface area contributed by atoms with E-state index in [1.54, 1.807) is 12.1 Å². The molecule has 0 aromatic heterocycles. The summed E-state index contributed by atoms with van der Waals surface area (Å²) in [5.74, 6) is 0.186. The van der Waals surface area contributed by atoms with Gasteiger partial charge in [-0.1, -0.05) is 54.1 Å². The zero-order chi connectivity index (χ0) is 15.2. The molecule has 0 aliphatic heterocycles. The Morgan fingerprint density at radius 3 is 2.24 bits per heavy atom. The van der Waals surface area contributed by atoms with Gasteiger partial charge < -0.3 is 5.11 Å². The maximum absolute atomic E-state index is 12.2. The molecule has 0 amide bonds. The van der Waals surface area contributed by atoms with Crippen molar-refractivity contribution in [3.8, 4) is 0 Å². The van der Waals surface area contributed by atoms with Crippen molar-refractivity contribution in [3.05, 3.63) is 70.8 Å². The van der Waals surface area contributed by atoms with Gasteiger partial charge in [0.1, 0.15) is 0 Å². The molecule has 0 fully saturated rings. The molecule has 0 radical (unpaired) electrons. The summed E-state index contributed by atoms with van der Waals surface area (Å²) in [6, 6.07) is 15.3. The third-order valence-corrected chi connectivity index (χ3v) is 4.43. The van der Waals surface area contributed by atoms with Crippen molar-refractivity contribution in [3.63, 3.8) is 0 Å². The summed E-state index contributed by atoms with van der Waals surface area (Å²) in [4.78, 5) is 10.6. The minimum Gasteiger partial charge on any atom is -0.481 e. The highest BCUT2D eigenvalue weighted by Gasteiger charge is 2.05. The first-order valence-electron chi connectivity index (χ1n) is 6.73. The standard InChI is InChI=1S/C17H18O3S/c1-13-3-2-4-16(9-13)12-21(20)11-15-7-5-14(6-8-15)10-17(18)19/h2-9H,10-12H2,1H3,(H,18,19). The fourth-order valence-corrected chi connectivity index (χ4v) is 3.37. The second-order valence-corrected chi connectivity index (χ2v) is 6.56. The molecular weight excluding hydrogens is 284 g/mol. The number of carbonyl (C=O) groups is 1. The van der Waals surface area contributed by atoms with Gasteiger partial charge in [-0.05, 0) is 23.6 Å². The van der Waals surface area contributed by atoms with E-state index >= 15 is 0 Å². The molecule has 1 N–H and O–H groups in total. The lowest BCUT2D eigenvalue weighted by Crippen LogP contribution is -2.02. The molecular formula is C17H18O3S. The fraction of sp³-hybridized carbons (Fsp3) is 0.235. The molecule has 0 aliphatic carbocycles. The first-order chi connectivity index (χ1) is 10.0. The SMILES string of the molecule is Cc1cccc(CS(=O)Cc2ccc(CC(=O)O)cc2)c1. The van der Waals surface area contributed by atoms with Crippen LogP contribution in [0.25, 0.3) is 0 Å². The molecule has 0 bridgehead atoms. The molecule has 110 valence electrons. The molecule has 0 saturated heterocycles. The Bertz CT molecular complexity index is 647. The monoisotopic (exact) mass is 302 g/mol. The third-order valence-electron chi connectivity index (χ3n) is 3.12. The van der Waals surface area contributed by atoms with Crippen LogP contribution in [0, 0.1) is 6.92 Å². The Labute approximate surface area is 127 Å². The van der Waals surface area contributed by atoms with Gasteiger partial charge in [0.25, 0.3) is 0 Å². The van der Waals surface area contributed by atoms with Gasteiger partial charge in [-0.25, -0.2) is 0 Å². The van der Waals surface area contributed by atoms with Crippen molar-refractivity contribution in [2.75, 3.05) is 0 Å². The number of benzene rings is 2. The maximum atomic E-state index is 12.2. The van der Waals surface area contributed by atoms with Gasteiger partial charge in [-0.2, -0.15) is 0 Å². The fourth-order valence-electron chi connectivity index (χ4n) is 2.15. The Morgan fingerprint density at radius 2 is 1.62 bits per heavy atom. The molecule has 3 nitrogen and oxygen atoms in total. The summed E-state index contributed by atoms with van der Waals surface area (Å²) in [5, 5.41) is 8.72. The maximum Gasteiger partial charge on any atom is 0.307 e. The van der Waals surface area contributed by atoms with Crippen LogP contribution in [0.2, 0.25) is 0 Å². The summed E-state index contributed by atoms with van der Waals surface area (Å²) in [5.41, 5.74) is 3.98. The Balaban J connectivity index is 1.95. The molecule has 0 saturated carbocycles. The van der Waals surface area contributed by atoms with E-state index in [1.807, 2.05) is 43.3 Å². The van der Waals surface area contributed by atoms with E-state index in [9.17, 15) is 9.00 Å². The van der Waals surface area contributed by atoms with Crippen LogP contribution >= 0.6 is 0 Å². The molecule has 2 aromatic rings. The second-order valence-electron chi connectivity index (χ2n) is 5.10. The predicted octanol–water partition coefficient (Wildman–Crippen LogP) is 3.07. The first-order valence-corrected chi connectivity index (χ1v) is 8.22. The van der Waals surface area contributed by atoms with Gasteiger partial charge in [0.2, 0.25) is 0 Å².